The maximum absolute atomic E-state index is 12.4. The molecule has 0 amide bonds. The molecule has 0 fully saturated rings. The number of nitrogens with zero attached hydrogens (tertiary/aromatic N) is 1. The highest BCUT2D eigenvalue weighted by atomic mass is 32.2. The van der Waals surface area contributed by atoms with Gasteiger partial charge in [-0.3, -0.25) is 4.72 Å². The second-order valence-corrected chi connectivity index (χ2v) is 6.59. The zero-order valence-electron chi connectivity index (χ0n) is 12.5. The molecule has 2 N–H and O–H groups in total. The number of anilines is 1. The number of aryl methyl sites for hydroxylation is 3. The zero-order valence-corrected chi connectivity index (χ0v) is 13.3. The van der Waals surface area contributed by atoms with Crippen molar-refractivity contribution in [2.45, 2.75) is 32.2 Å². The largest absolute Gasteiger partial charge is 0.464 e. The van der Waals surface area contributed by atoms with Crippen LogP contribution in [0.5, 0.6) is 0 Å². The number of sulfonamides is 1. The summed E-state index contributed by atoms with van der Waals surface area (Å²) in [6.45, 7) is 5.81. The number of nitrogens with one attached hydrogen (secondary N) is 2. The van der Waals surface area contributed by atoms with E-state index in [-0.39, 0.29) is 4.90 Å². The van der Waals surface area contributed by atoms with E-state index in [0.717, 1.165) is 11.3 Å². The minimum absolute atomic E-state index is 0.133. The molecule has 0 saturated heterocycles. The molecule has 6 nitrogen and oxygen atoms in total. The van der Waals surface area contributed by atoms with E-state index in [1.807, 2.05) is 19.9 Å². The Morgan fingerprint density at radius 2 is 1.90 bits per heavy atom. The normalized spacial score (nSPS) is 11.6. The Labute approximate surface area is 124 Å². The summed E-state index contributed by atoms with van der Waals surface area (Å²) in [5, 5.41) is 2.92. The van der Waals surface area contributed by atoms with Gasteiger partial charge in [0.2, 0.25) is 0 Å². The van der Waals surface area contributed by atoms with E-state index in [1.54, 1.807) is 20.0 Å². The Morgan fingerprint density at radius 3 is 2.52 bits per heavy atom. The predicted molar refractivity (Wildman–Crippen MR) is 80.7 cm³/mol. The van der Waals surface area contributed by atoms with Gasteiger partial charge in [0.05, 0.1) is 6.54 Å². The van der Waals surface area contributed by atoms with Crippen molar-refractivity contribution in [3.05, 3.63) is 41.0 Å². The molecule has 0 aliphatic carbocycles. The minimum Gasteiger partial charge on any atom is -0.464 e. The van der Waals surface area contributed by atoms with E-state index >= 15 is 0 Å². The van der Waals surface area contributed by atoms with E-state index < -0.39 is 10.0 Å². The maximum atomic E-state index is 12.4. The minimum atomic E-state index is -3.71. The fourth-order valence-electron chi connectivity index (χ4n) is 2.14. The average molecular weight is 309 g/mol. The molecular weight excluding hydrogens is 290 g/mol. The fourth-order valence-corrected chi connectivity index (χ4v) is 3.34. The highest BCUT2D eigenvalue weighted by Gasteiger charge is 2.22. The van der Waals surface area contributed by atoms with Crippen LogP contribution in [0, 0.1) is 20.8 Å². The van der Waals surface area contributed by atoms with Gasteiger partial charge >= 0.3 is 0 Å². The summed E-state index contributed by atoms with van der Waals surface area (Å²) in [6.07, 6.45) is 0. The molecular formula is C14H19N3O3S. The first-order valence-corrected chi connectivity index (χ1v) is 8.02. The van der Waals surface area contributed by atoms with Crippen molar-refractivity contribution >= 4 is 15.8 Å². The molecule has 114 valence electrons. The Kier molecular flexibility index (Phi) is 4.34. The van der Waals surface area contributed by atoms with Gasteiger partial charge in [-0.25, -0.2) is 13.4 Å². The molecule has 2 rings (SSSR count). The number of rotatable bonds is 5. The van der Waals surface area contributed by atoms with Crippen LogP contribution in [0.4, 0.5) is 5.82 Å². The molecule has 2 aromatic heterocycles. The number of pyridine rings is 1. The molecule has 2 aromatic rings. The summed E-state index contributed by atoms with van der Waals surface area (Å²) in [5.74, 6) is 1.24. The Balaban J connectivity index is 2.33. The molecule has 0 aliphatic rings. The van der Waals surface area contributed by atoms with Crippen molar-refractivity contribution in [2.75, 3.05) is 11.8 Å². The Morgan fingerprint density at radius 1 is 1.19 bits per heavy atom. The van der Waals surface area contributed by atoms with Gasteiger partial charge in [0.15, 0.2) is 0 Å². The van der Waals surface area contributed by atoms with Crippen LogP contribution < -0.4 is 10.0 Å². The van der Waals surface area contributed by atoms with Crippen molar-refractivity contribution in [1.29, 1.82) is 0 Å². The van der Waals surface area contributed by atoms with Crippen molar-refractivity contribution in [1.82, 2.24) is 10.3 Å². The third-order valence-electron chi connectivity index (χ3n) is 2.90. The van der Waals surface area contributed by atoms with Gasteiger partial charge in [0, 0.05) is 11.8 Å². The van der Waals surface area contributed by atoms with Gasteiger partial charge in [-0.15, -0.1) is 0 Å². The summed E-state index contributed by atoms with van der Waals surface area (Å²) >= 11 is 0. The Hall–Kier alpha value is -1.86. The van der Waals surface area contributed by atoms with E-state index in [2.05, 4.69) is 15.0 Å². The Bertz CT molecular complexity index is 731. The van der Waals surface area contributed by atoms with E-state index in [4.69, 9.17) is 4.42 Å². The molecule has 0 spiro atoms. The lowest BCUT2D eigenvalue weighted by Crippen LogP contribution is -2.14. The molecule has 0 aliphatic heterocycles. The smallest absolute Gasteiger partial charge is 0.266 e. The average Bonchev–Trinajstić information content (AvgIpc) is 2.69. The fraction of sp³-hybridized carbons (Fsp3) is 0.357. The molecule has 2 heterocycles. The number of aromatic nitrogens is 1. The highest BCUT2D eigenvalue weighted by molar-refractivity contribution is 7.92. The van der Waals surface area contributed by atoms with Gasteiger partial charge in [-0.1, -0.05) is 0 Å². The van der Waals surface area contributed by atoms with Crippen LogP contribution in [0.15, 0.2) is 27.5 Å². The first-order chi connectivity index (χ1) is 9.81. The zero-order chi connectivity index (χ0) is 15.6. The lowest BCUT2D eigenvalue weighted by atomic mass is 10.2. The van der Waals surface area contributed by atoms with Crippen LogP contribution in [0.3, 0.4) is 0 Å². The van der Waals surface area contributed by atoms with Crippen molar-refractivity contribution in [3.63, 3.8) is 0 Å². The highest BCUT2D eigenvalue weighted by Crippen LogP contribution is 2.22. The van der Waals surface area contributed by atoms with Crippen LogP contribution in [0.1, 0.15) is 22.8 Å². The van der Waals surface area contributed by atoms with Crippen molar-refractivity contribution in [3.8, 4) is 0 Å². The third-order valence-corrected chi connectivity index (χ3v) is 4.36. The van der Waals surface area contributed by atoms with Crippen LogP contribution in [0.2, 0.25) is 0 Å². The SMILES string of the molecule is CNCc1cc(S(=O)(=O)Nc2cc(C)cc(C)n2)c(C)o1. The summed E-state index contributed by atoms with van der Waals surface area (Å²) in [7, 11) is -1.94. The van der Waals surface area contributed by atoms with Crippen molar-refractivity contribution < 1.29 is 12.8 Å². The van der Waals surface area contributed by atoms with Gasteiger partial charge < -0.3 is 9.73 Å². The number of furan rings is 1. The topological polar surface area (TPSA) is 84.2 Å². The lowest BCUT2D eigenvalue weighted by molar-refractivity contribution is 0.466. The van der Waals surface area contributed by atoms with E-state index in [1.165, 1.54) is 6.07 Å². The monoisotopic (exact) mass is 309 g/mol. The quantitative estimate of drug-likeness (QED) is 0.884. The molecule has 0 aromatic carbocycles. The van der Waals surface area contributed by atoms with Gasteiger partial charge in [-0.05, 0) is 45.5 Å². The number of hydrogen-bond donors (Lipinski definition) is 2. The van der Waals surface area contributed by atoms with Crippen molar-refractivity contribution in [2.24, 2.45) is 0 Å². The first kappa shape index (κ1) is 15.5. The number of hydrogen-bond acceptors (Lipinski definition) is 5. The maximum Gasteiger partial charge on any atom is 0.266 e. The van der Waals surface area contributed by atoms with Crippen LogP contribution in [-0.2, 0) is 16.6 Å². The molecule has 7 heteroatoms. The molecule has 21 heavy (non-hydrogen) atoms. The third kappa shape index (κ3) is 3.62. The van der Waals surface area contributed by atoms with Gasteiger partial charge in [0.1, 0.15) is 22.2 Å². The summed E-state index contributed by atoms with van der Waals surface area (Å²) in [6, 6.07) is 5.09. The summed E-state index contributed by atoms with van der Waals surface area (Å²) < 4.78 is 32.8. The predicted octanol–water partition coefficient (Wildman–Crippen LogP) is 2.12. The molecule has 0 radical (unpaired) electrons. The van der Waals surface area contributed by atoms with E-state index in [9.17, 15) is 8.42 Å². The van der Waals surface area contributed by atoms with Gasteiger partial charge in [-0.2, -0.15) is 0 Å². The van der Waals surface area contributed by atoms with Crippen LogP contribution >= 0.6 is 0 Å². The standard InChI is InChI=1S/C14H19N3O3S/c1-9-5-10(2)16-14(6-9)17-21(18,19)13-7-12(8-15-4)20-11(13)3/h5-7,15H,8H2,1-4H3,(H,16,17). The molecule has 0 atom stereocenters. The molecule has 0 bridgehead atoms. The van der Waals surface area contributed by atoms with E-state index in [0.29, 0.717) is 23.9 Å². The first-order valence-electron chi connectivity index (χ1n) is 6.54. The second-order valence-electron chi connectivity index (χ2n) is 4.94. The van der Waals surface area contributed by atoms with Gasteiger partial charge in [0.25, 0.3) is 10.0 Å². The lowest BCUT2D eigenvalue weighted by Gasteiger charge is -2.07. The summed E-state index contributed by atoms with van der Waals surface area (Å²) in [4.78, 5) is 4.32. The molecule has 0 saturated carbocycles. The van der Waals surface area contributed by atoms with Crippen LogP contribution in [0.25, 0.3) is 0 Å². The summed E-state index contributed by atoms with van der Waals surface area (Å²) in [5.41, 5.74) is 1.70. The second kappa shape index (κ2) is 5.87. The van der Waals surface area contributed by atoms with Crippen LogP contribution in [-0.4, -0.2) is 20.4 Å². The molecule has 0 unspecified atom stereocenters.